The molecule has 4 nitrogen and oxygen atoms in total. The molecule has 0 radical (unpaired) electrons. The van der Waals surface area contributed by atoms with E-state index in [1.165, 1.54) is 22.9 Å². The molecule has 0 saturated carbocycles. The van der Waals surface area contributed by atoms with Crippen LogP contribution in [0.2, 0.25) is 0 Å². The zero-order valence-electron chi connectivity index (χ0n) is 16.3. The molecule has 138 valence electrons. The van der Waals surface area contributed by atoms with Crippen LogP contribution in [0.15, 0.2) is 71.9 Å². The average Bonchev–Trinajstić information content (AvgIpc) is 2.55. The summed E-state index contributed by atoms with van der Waals surface area (Å²) in [6.45, 7) is 12.0. The van der Waals surface area contributed by atoms with E-state index in [2.05, 4.69) is 73.8 Å². The normalized spacial score (nSPS) is 11.4. The van der Waals surface area contributed by atoms with E-state index in [1.54, 1.807) is 6.07 Å². The number of amidine groups is 1. The lowest BCUT2D eigenvalue weighted by atomic mass is 10.1. The number of aromatic nitrogens is 1. The van der Waals surface area contributed by atoms with Gasteiger partial charge in [-0.1, -0.05) is 67.0 Å². The number of hydrogen-bond donors (Lipinski definition) is 2. The summed E-state index contributed by atoms with van der Waals surface area (Å²) in [5.74, 6) is 1.87. The standard InChI is InChI=1S/C14H20N4.C8H10/c1-4-7-11(3)10-14(16-5-2)18-13-9-6-8-12(15)17-13;1-7-4-3-5-8(2)6-7/h5-6,8-10H,2,4,7H2,1,3H3,(H3,15,16,17,18);3-6H,1-2H3/b11-10+;. The number of nitrogens with zero attached hydrogens (tertiary/aromatic N) is 2. The Balaban J connectivity index is 0.000000350. The average molecular weight is 351 g/mol. The maximum absolute atomic E-state index is 5.63. The Morgan fingerprint density at radius 1 is 1.19 bits per heavy atom. The van der Waals surface area contributed by atoms with Crippen molar-refractivity contribution in [1.82, 2.24) is 4.98 Å². The zero-order chi connectivity index (χ0) is 19.4. The number of hydrogen-bond acceptors (Lipinski definition) is 3. The van der Waals surface area contributed by atoms with Crippen molar-refractivity contribution in [3.63, 3.8) is 0 Å². The predicted molar refractivity (Wildman–Crippen MR) is 114 cm³/mol. The fourth-order valence-electron chi connectivity index (χ4n) is 2.36. The summed E-state index contributed by atoms with van der Waals surface area (Å²) >= 11 is 0. The molecule has 1 aromatic heterocycles. The van der Waals surface area contributed by atoms with E-state index < -0.39 is 0 Å². The lowest BCUT2D eigenvalue weighted by Gasteiger charge is -2.07. The van der Waals surface area contributed by atoms with Crippen molar-refractivity contribution in [3.8, 4) is 0 Å². The monoisotopic (exact) mass is 350 g/mol. The van der Waals surface area contributed by atoms with Crippen LogP contribution >= 0.6 is 0 Å². The van der Waals surface area contributed by atoms with E-state index >= 15 is 0 Å². The maximum atomic E-state index is 5.63. The third kappa shape index (κ3) is 8.83. The molecule has 0 aliphatic carbocycles. The Hall–Kier alpha value is -2.88. The van der Waals surface area contributed by atoms with Crippen LogP contribution in [-0.4, -0.2) is 10.8 Å². The van der Waals surface area contributed by atoms with E-state index in [0.29, 0.717) is 17.5 Å². The molecule has 0 bridgehead atoms. The van der Waals surface area contributed by atoms with Crippen molar-refractivity contribution in [1.29, 1.82) is 0 Å². The topological polar surface area (TPSA) is 63.3 Å². The van der Waals surface area contributed by atoms with Gasteiger partial charge in [0, 0.05) is 6.20 Å². The number of nitrogen functional groups attached to an aromatic ring is 1. The van der Waals surface area contributed by atoms with Gasteiger partial charge in [-0.05, 0) is 45.4 Å². The summed E-state index contributed by atoms with van der Waals surface area (Å²) in [4.78, 5) is 8.35. The van der Waals surface area contributed by atoms with Crippen molar-refractivity contribution in [2.24, 2.45) is 4.99 Å². The smallest absolute Gasteiger partial charge is 0.133 e. The first-order valence-electron chi connectivity index (χ1n) is 8.83. The van der Waals surface area contributed by atoms with Gasteiger partial charge in [0.1, 0.15) is 17.5 Å². The van der Waals surface area contributed by atoms with Gasteiger partial charge in [-0.25, -0.2) is 9.98 Å². The second-order valence-corrected chi connectivity index (χ2v) is 6.17. The van der Waals surface area contributed by atoms with Gasteiger partial charge < -0.3 is 11.1 Å². The van der Waals surface area contributed by atoms with Crippen molar-refractivity contribution < 1.29 is 0 Å². The van der Waals surface area contributed by atoms with Crippen LogP contribution in [-0.2, 0) is 0 Å². The third-order valence-electron chi connectivity index (χ3n) is 3.46. The summed E-state index contributed by atoms with van der Waals surface area (Å²) in [5.41, 5.74) is 9.57. The lowest BCUT2D eigenvalue weighted by Crippen LogP contribution is -2.11. The van der Waals surface area contributed by atoms with Crippen LogP contribution in [0, 0.1) is 13.8 Å². The summed E-state index contributed by atoms with van der Waals surface area (Å²) in [7, 11) is 0. The van der Waals surface area contributed by atoms with Gasteiger partial charge in [0.25, 0.3) is 0 Å². The van der Waals surface area contributed by atoms with Crippen molar-refractivity contribution in [2.75, 3.05) is 11.1 Å². The Bertz CT molecular complexity index is 743. The molecule has 0 fully saturated rings. The number of rotatable bonds is 5. The van der Waals surface area contributed by atoms with E-state index in [1.807, 2.05) is 18.2 Å². The van der Waals surface area contributed by atoms with E-state index in [9.17, 15) is 0 Å². The first kappa shape index (κ1) is 21.2. The number of allylic oxidation sites excluding steroid dienone is 1. The molecule has 1 heterocycles. The number of pyridine rings is 1. The fourth-order valence-corrected chi connectivity index (χ4v) is 2.36. The van der Waals surface area contributed by atoms with E-state index in [0.717, 1.165) is 12.8 Å². The van der Waals surface area contributed by atoms with Gasteiger partial charge in [-0.15, -0.1) is 0 Å². The summed E-state index contributed by atoms with van der Waals surface area (Å²) in [6.07, 6.45) is 5.66. The Morgan fingerprint density at radius 3 is 2.35 bits per heavy atom. The second-order valence-electron chi connectivity index (χ2n) is 6.17. The molecule has 0 saturated heterocycles. The first-order chi connectivity index (χ1) is 12.4. The van der Waals surface area contributed by atoms with Gasteiger partial charge >= 0.3 is 0 Å². The van der Waals surface area contributed by atoms with Crippen LogP contribution < -0.4 is 11.1 Å². The highest BCUT2D eigenvalue weighted by atomic mass is 15.1. The number of aliphatic imine (C=N–C) groups is 1. The van der Waals surface area contributed by atoms with E-state index in [4.69, 9.17) is 5.73 Å². The minimum absolute atomic E-state index is 0.479. The molecule has 0 aliphatic rings. The summed E-state index contributed by atoms with van der Waals surface area (Å²) in [5, 5.41) is 3.12. The van der Waals surface area contributed by atoms with E-state index in [-0.39, 0.29) is 0 Å². The van der Waals surface area contributed by atoms with Gasteiger partial charge in [0.15, 0.2) is 0 Å². The zero-order valence-corrected chi connectivity index (χ0v) is 16.3. The van der Waals surface area contributed by atoms with Gasteiger partial charge in [-0.2, -0.15) is 0 Å². The van der Waals surface area contributed by atoms with Crippen molar-refractivity contribution in [2.45, 2.75) is 40.5 Å². The van der Waals surface area contributed by atoms with Crippen LogP contribution in [0.5, 0.6) is 0 Å². The lowest BCUT2D eigenvalue weighted by molar-refractivity contribution is 0.907. The van der Waals surface area contributed by atoms with Crippen molar-refractivity contribution in [3.05, 3.63) is 78.0 Å². The Kier molecular flexibility index (Phi) is 9.47. The second kappa shape index (κ2) is 11.6. The highest BCUT2D eigenvalue weighted by molar-refractivity contribution is 6.04. The molecule has 0 amide bonds. The van der Waals surface area contributed by atoms with Gasteiger partial charge in [0.2, 0.25) is 0 Å². The predicted octanol–water partition coefficient (Wildman–Crippen LogP) is 5.67. The first-order valence-corrected chi connectivity index (χ1v) is 8.83. The summed E-state index contributed by atoms with van der Waals surface area (Å²) in [6, 6.07) is 13.9. The maximum Gasteiger partial charge on any atom is 0.133 e. The highest BCUT2D eigenvalue weighted by Gasteiger charge is 1.99. The molecular formula is C22H30N4. The third-order valence-corrected chi connectivity index (χ3v) is 3.46. The molecule has 4 heteroatoms. The van der Waals surface area contributed by atoms with Crippen LogP contribution in [0.1, 0.15) is 37.8 Å². The SMILES string of the molecule is C=CN=C(/C=C(\C)CCC)Nc1cccc(N)n1.Cc1cccc(C)c1. The number of anilines is 2. The molecule has 3 N–H and O–H groups in total. The number of nitrogens with one attached hydrogen (secondary N) is 1. The molecule has 2 aromatic rings. The number of benzene rings is 1. The largest absolute Gasteiger partial charge is 0.384 e. The summed E-state index contributed by atoms with van der Waals surface area (Å²) < 4.78 is 0. The van der Waals surface area contributed by atoms with Gasteiger partial charge in [-0.3, -0.25) is 0 Å². The fraction of sp³-hybridized carbons (Fsp3) is 0.273. The Labute approximate surface area is 157 Å². The minimum atomic E-state index is 0.479. The quantitative estimate of drug-likeness (QED) is 0.539. The highest BCUT2D eigenvalue weighted by Crippen LogP contribution is 2.08. The van der Waals surface area contributed by atoms with Crippen molar-refractivity contribution >= 4 is 17.5 Å². The number of aryl methyl sites for hydroxylation is 2. The van der Waals surface area contributed by atoms with Gasteiger partial charge in [0.05, 0.1) is 0 Å². The Morgan fingerprint density at radius 2 is 1.85 bits per heavy atom. The van der Waals surface area contributed by atoms with Crippen LogP contribution in [0.3, 0.4) is 0 Å². The molecule has 2 rings (SSSR count). The van der Waals surface area contributed by atoms with Crippen LogP contribution in [0.4, 0.5) is 11.6 Å². The number of nitrogens with two attached hydrogens (primary N) is 1. The molecule has 0 spiro atoms. The minimum Gasteiger partial charge on any atom is -0.384 e. The molecule has 0 atom stereocenters. The van der Waals surface area contributed by atoms with Crippen LogP contribution in [0.25, 0.3) is 0 Å². The molecular weight excluding hydrogens is 320 g/mol. The molecule has 0 aliphatic heterocycles. The molecule has 1 aromatic carbocycles. The molecule has 0 unspecified atom stereocenters. The molecule has 26 heavy (non-hydrogen) atoms.